The minimum absolute atomic E-state index is 0.0957. The summed E-state index contributed by atoms with van der Waals surface area (Å²) in [4.78, 5) is 2.64. The molecule has 4 nitrogen and oxygen atoms in total. The summed E-state index contributed by atoms with van der Waals surface area (Å²) < 4.78 is 5.23. The van der Waals surface area contributed by atoms with Gasteiger partial charge in [-0.05, 0) is 12.0 Å². The molecule has 1 fully saturated rings. The number of hydrogen-bond donors (Lipinski definition) is 1. The monoisotopic (exact) mass is 159 g/mol. The molecule has 5 heteroatoms. The van der Waals surface area contributed by atoms with Crippen LogP contribution in [0, 0.1) is 0 Å². The molecule has 0 aromatic rings. The third-order valence-corrected chi connectivity index (χ3v) is 1.77. The van der Waals surface area contributed by atoms with Crippen LogP contribution in [0.1, 0.15) is 6.42 Å². The highest BCUT2D eigenvalue weighted by Crippen LogP contribution is 2.17. The van der Waals surface area contributed by atoms with Crippen molar-refractivity contribution in [2.75, 3.05) is 13.2 Å². The molecule has 56 valence electrons. The first-order valence-corrected chi connectivity index (χ1v) is 3.65. The molecule has 1 heterocycles. The molecule has 0 aromatic heterocycles. The van der Waals surface area contributed by atoms with E-state index in [2.05, 4.69) is 22.7 Å². The quantitative estimate of drug-likeness (QED) is 0.281. The van der Waals surface area contributed by atoms with Gasteiger partial charge in [-0.1, -0.05) is 5.11 Å². The van der Waals surface area contributed by atoms with Crippen molar-refractivity contribution in [1.82, 2.24) is 0 Å². The Hall–Kier alpha value is -0.380. The lowest BCUT2D eigenvalue weighted by molar-refractivity contribution is 0.118. The van der Waals surface area contributed by atoms with Gasteiger partial charge in [0.05, 0.1) is 19.3 Å². The first-order chi connectivity index (χ1) is 4.83. The minimum Gasteiger partial charge on any atom is -0.377 e. The average Bonchev–Trinajstić information content (AvgIpc) is 2.31. The largest absolute Gasteiger partial charge is 0.377 e. The Labute approximate surface area is 64.6 Å². The Morgan fingerprint density at radius 1 is 1.80 bits per heavy atom. The molecule has 0 spiro atoms. The number of ether oxygens (including phenoxy) is 1. The van der Waals surface area contributed by atoms with Gasteiger partial charge in [0.2, 0.25) is 0 Å². The number of hydrogen-bond acceptors (Lipinski definition) is 3. The zero-order chi connectivity index (χ0) is 7.40. The fourth-order valence-corrected chi connectivity index (χ4v) is 1.26. The molecule has 0 N–H and O–H groups in total. The fraction of sp³-hybridized carbons (Fsp3) is 1.00. The highest BCUT2D eigenvalue weighted by molar-refractivity contribution is 7.81. The van der Waals surface area contributed by atoms with Crippen LogP contribution in [-0.2, 0) is 4.74 Å². The first-order valence-electron chi connectivity index (χ1n) is 3.13. The Balaban J connectivity index is 2.24. The van der Waals surface area contributed by atoms with Crippen molar-refractivity contribution in [1.29, 1.82) is 0 Å². The van der Waals surface area contributed by atoms with Gasteiger partial charge < -0.3 is 4.74 Å². The fourth-order valence-electron chi connectivity index (χ4n) is 0.942. The van der Waals surface area contributed by atoms with Gasteiger partial charge in [0.25, 0.3) is 0 Å². The van der Waals surface area contributed by atoms with Crippen LogP contribution in [-0.4, -0.2) is 24.5 Å². The van der Waals surface area contributed by atoms with Gasteiger partial charge in [-0.25, -0.2) is 0 Å². The predicted octanol–water partition coefficient (Wildman–Crippen LogP) is 1.38. The van der Waals surface area contributed by atoms with E-state index >= 15 is 0 Å². The van der Waals surface area contributed by atoms with Crippen LogP contribution >= 0.6 is 12.6 Å². The van der Waals surface area contributed by atoms with Crippen molar-refractivity contribution in [3.05, 3.63) is 10.4 Å². The third-order valence-electron chi connectivity index (χ3n) is 1.41. The molecular weight excluding hydrogens is 150 g/mol. The van der Waals surface area contributed by atoms with E-state index in [-0.39, 0.29) is 6.10 Å². The molecule has 0 saturated carbocycles. The summed E-state index contributed by atoms with van der Waals surface area (Å²) in [5.74, 6) is 0. The number of thiol groups is 1. The Morgan fingerprint density at radius 3 is 3.10 bits per heavy atom. The van der Waals surface area contributed by atoms with Crippen molar-refractivity contribution >= 4 is 12.6 Å². The van der Waals surface area contributed by atoms with Gasteiger partial charge in [0.1, 0.15) is 0 Å². The molecule has 1 aliphatic heterocycles. The van der Waals surface area contributed by atoms with E-state index in [9.17, 15) is 0 Å². The average molecular weight is 159 g/mol. The van der Waals surface area contributed by atoms with E-state index in [4.69, 9.17) is 10.3 Å². The molecule has 0 bridgehead atoms. The van der Waals surface area contributed by atoms with E-state index in [0.29, 0.717) is 18.4 Å². The molecule has 0 amide bonds. The molecule has 0 aliphatic carbocycles. The van der Waals surface area contributed by atoms with Crippen molar-refractivity contribution in [2.45, 2.75) is 17.8 Å². The first kappa shape index (κ1) is 7.72. The van der Waals surface area contributed by atoms with Crippen LogP contribution in [0.5, 0.6) is 0 Å². The second kappa shape index (κ2) is 3.71. The Bertz CT molecular complexity index is 157. The van der Waals surface area contributed by atoms with Crippen molar-refractivity contribution in [2.24, 2.45) is 5.11 Å². The van der Waals surface area contributed by atoms with Crippen LogP contribution in [0.25, 0.3) is 10.4 Å². The standard InChI is InChI=1S/C5H9N3OS/c6-8-7-2-4-1-5(10)3-9-4/h4-5,10H,1-3H2/t4-,5+/m1/s1. The summed E-state index contributed by atoms with van der Waals surface area (Å²) in [6.07, 6.45) is 0.987. The van der Waals surface area contributed by atoms with Gasteiger partial charge >= 0.3 is 0 Å². The van der Waals surface area contributed by atoms with Gasteiger partial charge in [-0.15, -0.1) is 0 Å². The topological polar surface area (TPSA) is 58.0 Å². The van der Waals surface area contributed by atoms with Crippen LogP contribution in [0.4, 0.5) is 0 Å². The zero-order valence-electron chi connectivity index (χ0n) is 5.47. The highest BCUT2D eigenvalue weighted by Gasteiger charge is 2.21. The molecule has 10 heavy (non-hydrogen) atoms. The second-order valence-corrected chi connectivity index (χ2v) is 2.99. The predicted molar refractivity (Wildman–Crippen MR) is 41.1 cm³/mol. The molecule has 1 rings (SSSR count). The van der Waals surface area contributed by atoms with Gasteiger partial charge in [-0.2, -0.15) is 12.6 Å². The summed E-state index contributed by atoms with van der Waals surface area (Å²) in [7, 11) is 0. The van der Waals surface area contributed by atoms with E-state index in [1.54, 1.807) is 0 Å². The normalized spacial score (nSPS) is 31.7. The van der Waals surface area contributed by atoms with Crippen LogP contribution in [0.2, 0.25) is 0 Å². The van der Waals surface area contributed by atoms with Crippen molar-refractivity contribution in [3.63, 3.8) is 0 Å². The molecule has 2 atom stereocenters. The lowest BCUT2D eigenvalue weighted by atomic mass is 10.2. The van der Waals surface area contributed by atoms with Gasteiger partial charge in [0, 0.05) is 10.2 Å². The van der Waals surface area contributed by atoms with Crippen molar-refractivity contribution < 1.29 is 4.74 Å². The molecule has 0 radical (unpaired) electrons. The van der Waals surface area contributed by atoms with E-state index in [0.717, 1.165) is 6.42 Å². The van der Waals surface area contributed by atoms with E-state index in [1.165, 1.54) is 0 Å². The number of azide groups is 1. The molecular formula is C5H9N3OS. The smallest absolute Gasteiger partial charge is 0.0643 e. The van der Waals surface area contributed by atoms with Crippen LogP contribution in [0.3, 0.4) is 0 Å². The lowest BCUT2D eigenvalue weighted by Gasteiger charge is -2.01. The third kappa shape index (κ3) is 2.10. The summed E-state index contributed by atoms with van der Waals surface area (Å²) in [5, 5.41) is 3.73. The maximum Gasteiger partial charge on any atom is 0.0643 e. The molecule has 0 aromatic carbocycles. The molecule has 0 unspecified atom stereocenters. The van der Waals surface area contributed by atoms with Gasteiger partial charge in [-0.3, -0.25) is 0 Å². The van der Waals surface area contributed by atoms with Crippen LogP contribution in [0.15, 0.2) is 5.11 Å². The van der Waals surface area contributed by atoms with Crippen LogP contribution < -0.4 is 0 Å². The van der Waals surface area contributed by atoms with E-state index < -0.39 is 0 Å². The Morgan fingerprint density at radius 2 is 2.60 bits per heavy atom. The summed E-state index contributed by atoms with van der Waals surface area (Å²) in [6, 6.07) is 0. The highest BCUT2D eigenvalue weighted by atomic mass is 32.1. The summed E-state index contributed by atoms with van der Waals surface area (Å²) in [6.45, 7) is 1.11. The molecule has 1 saturated heterocycles. The second-order valence-electron chi connectivity index (χ2n) is 2.26. The van der Waals surface area contributed by atoms with E-state index in [1.807, 2.05) is 0 Å². The zero-order valence-corrected chi connectivity index (χ0v) is 6.37. The molecule has 1 aliphatic rings. The minimum atomic E-state index is 0.0957. The Kier molecular flexibility index (Phi) is 2.86. The maximum absolute atomic E-state index is 7.98. The SMILES string of the molecule is [N-]=[N+]=NC[C@H]1C[C@H](S)CO1. The summed E-state index contributed by atoms with van der Waals surface area (Å²) in [5.41, 5.74) is 7.98. The maximum atomic E-state index is 7.98. The van der Waals surface area contributed by atoms with Crippen molar-refractivity contribution in [3.8, 4) is 0 Å². The summed E-state index contributed by atoms with van der Waals surface area (Å²) >= 11 is 4.21. The van der Waals surface area contributed by atoms with Gasteiger partial charge in [0.15, 0.2) is 0 Å². The lowest BCUT2D eigenvalue weighted by Crippen LogP contribution is -2.08. The number of nitrogens with zero attached hydrogens (tertiary/aromatic N) is 3. The number of rotatable bonds is 2.